The van der Waals surface area contributed by atoms with E-state index in [0.717, 1.165) is 16.0 Å². The first-order valence-corrected chi connectivity index (χ1v) is 14.7. The molecule has 0 aliphatic carbocycles. The quantitative estimate of drug-likeness (QED) is 0.560. The highest BCUT2D eigenvalue weighted by Gasteiger charge is 2.45. The molecule has 2 aromatic rings. The van der Waals surface area contributed by atoms with E-state index in [1.54, 1.807) is 24.3 Å². The minimum absolute atomic E-state index is 0.0788. The lowest BCUT2D eigenvalue weighted by atomic mass is 9.93. The Morgan fingerprint density at radius 3 is 2.39 bits per heavy atom. The fraction of sp³-hybridized carbons (Fsp3) is 0.333. The van der Waals surface area contributed by atoms with Crippen LogP contribution in [-0.2, 0) is 24.7 Å². The molecule has 8 nitrogen and oxygen atoms in total. The van der Waals surface area contributed by atoms with Crippen molar-refractivity contribution in [3.8, 4) is 17.2 Å². The van der Waals surface area contributed by atoms with Gasteiger partial charge in [-0.1, -0.05) is 35.9 Å². The molecule has 0 saturated carbocycles. The Labute approximate surface area is 215 Å². The van der Waals surface area contributed by atoms with Crippen molar-refractivity contribution in [2.24, 2.45) is 0 Å². The van der Waals surface area contributed by atoms with Gasteiger partial charge in [-0.25, -0.2) is 21.2 Å². The molecule has 36 heavy (non-hydrogen) atoms. The Bertz CT molecular complexity index is 1440. The van der Waals surface area contributed by atoms with Crippen molar-refractivity contribution >= 4 is 37.4 Å². The molecule has 1 fully saturated rings. The van der Waals surface area contributed by atoms with Crippen LogP contribution >= 0.6 is 11.6 Å². The van der Waals surface area contributed by atoms with Gasteiger partial charge in [0.15, 0.2) is 15.5 Å². The molecule has 1 atom stereocenters. The molecular weight excluding hydrogens is 529 g/mol. The van der Waals surface area contributed by atoms with Crippen molar-refractivity contribution in [1.82, 2.24) is 9.62 Å². The summed E-state index contributed by atoms with van der Waals surface area (Å²) in [4.78, 5) is 12.5. The van der Waals surface area contributed by atoms with Gasteiger partial charge < -0.3 is 5.32 Å². The van der Waals surface area contributed by atoms with Crippen LogP contribution in [0.15, 0.2) is 58.8 Å². The van der Waals surface area contributed by atoms with Gasteiger partial charge in [0, 0.05) is 59.8 Å². The number of alkyl halides is 1. The molecule has 2 aromatic carbocycles. The number of piperidine rings is 1. The first kappa shape index (κ1) is 27.8. The van der Waals surface area contributed by atoms with E-state index in [9.17, 15) is 26.9 Å². The molecule has 1 aliphatic rings. The van der Waals surface area contributed by atoms with Gasteiger partial charge in [-0.15, -0.1) is 0 Å². The molecule has 1 amide bonds. The number of amides is 1. The van der Waals surface area contributed by atoms with E-state index in [0.29, 0.717) is 10.6 Å². The van der Waals surface area contributed by atoms with E-state index < -0.39 is 37.5 Å². The van der Waals surface area contributed by atoms with Gasteiger partial charge in [0.25, 0.3) is 5.91 Å². The molecule has 192 valence electrons. The van der Waals surface area contributed by atoms with Gasteiger partial charge in [0.1, 0.15) is 0 Å². The topological polar surface area (TPSA) is 124 Å². The lowest BCUT2D eigenvalue weighted by Gasteiger charge is -2.35. The minimum atomic E-state index is -4.12. The van der Waals surface area contributed by atoms with Crippen LogP contribution in [0.3, 0.4) is 0 Å². The number of rotatable bonds is 7. The predicted molar refractivity (Wildman–Crippen MR) is 135 cm³/mol. The van der Waals surface area contributed by atoms with Crippen LogP contribution in [-0.4, -0.2) is 58.1 Å². The van der Waals surface area contributed by atoms with Gasteiger partial charge in [-0.2, -0.15) is 9.57 Å². The largest absolute Gasteiger partial charge is 0.347 e. The summed E-state index contributed by atoms with van der Waals surface area (Å²) in [5.74, 6) is -0.930. The summed E-state index contributed by atoms with van der Waals surface area (Å²) in [6, 6.07) is 12.0. The second-order valence-electron chi connectivity index (χ2n) is 8.59. The maximum absolute atomic E-state index is 15.4. The summed E-state index contributed by atoms with van der Waals surface area (Å²) in [6.45, 7) is 1.01. The Hall–Kier alpha value is -2.78. The Kier molecular flexibility index (Phi) is 8.25. The van der Waals surface area contributed by atoms with Crippen molar-refractivity contribution < 1.29 is 26.0 Å². The first-order valence-electron chi connectivity index (χ1n) is 10.9. The van der Waals surface area contributed by atoms with Gasteiger partial charge in [-0.3, -0.25) is 4.79 Å². The molecule has 1 aliphatic heterocycles. The third-order valence-corrected chi connectivity index (χ3v) is 8.72. The fourth-order valence-electron chi connectivity index (χ4n) is 3.81. The molecule has 1 N–H and O–H groups in total. The number of hydrogen-bond donors (Lipinski definition) is 1. The number of nitrogens with zero attached hydrogens (tertiary/aromatic N) is 2. The number of hydrogen-bond acceptors (Lipinski definition) is 6. The average Bonchev–Trinajstić information content (AvgIpc) is 2.82. The normalized spacial score (nSPS) is 17.4. The van der Waals surface area contributed by atoms with Crippen LogP contribution in [0, 0.1) is 11.3 Å². The highest BCUT2D eigenvalue weighted by molar-refractivity contribution is 7.93. The molecule has 0 unspecified atom stereocenters. The molecular formula is C24H25ClFN3O5S2. The molecule has 3 rings (SSSR count). The highest BCUT2D eigenvalue weighted by Crippen LogP contribution is 2.37. The lowest BCUT2D eigenvalue weighted by Crippen LogP contribution is -2.53. The third kappa shape index (κ3) is 6.31. The second kappa shape index (κ2) is 10.7. The zero-order valence-electron chi connectivity index (χ0n) is 19.6. The highest BCUT2D eigenvalue weighted by atomic mass is 35.5. The van der Waals surface area contributed by atoms with Crippen LogP contribution in [0.4, 0.5) is 4.39 Å². The van der Waals surface area contributed by atoms with Crippen molar-refractivity contribution in [3.05, 3.63) is 64.5 Å². The van der Waals surface area contributed by atoms with E-state index in [2.05, 4.69) is 5.32 Å². The summed E-state index contributed by atoms with van der Waals surface area (Å²) in [6.07, 6.45) is 1.48. The van der Waals surface area contributed by atoms with Crippen molar-refractivity contribution in [2.45, 2.75) is 36.4 Å². The maximum Gasteiger partial charge on any atom is 0.258 e. The molecule has 1 heterocycles. The number of sulfone groups is 1. The van der Waals surface area contributed by atoms with E-state index in [4.69, 9.17) is 11.6 Å². The maximum atomic E-state index is 15.4. The van der Waals surface area contributed by atoms with Gasteiger partial charge >= 0.3 is 0 Å². The summed E-state index contributed by atoms with van der Waals surface area (Å²) in [5, 5.41) is 13.0. The molecule has 0 bridgehead atoms. The van der Waals surface area contributed by atoms with E-state index in [1.165, 1.54) is 31.2 Å². The number of carbonyl (C=O) groups excluding carboxylic acids is 1. The number of carbonyl (C=O) groups is 1. The standard InChI is InChI=1S/C24H25ClFN3O5S2/c1-17(9-14-35(2,31)32)28-23(30)24(26)10-12-29(13-11-24)36(33,34)22-8-7-18(16-27)15-20(22)19-5-3-4-6-21(19)25/h3-9,14-15,17H,10-13H2,1-2H3,(H,28,30)/b14-9-/t17-/m1/s1. The van der Waals surface area contributed by atoms with E-state index in [-0.39, 0.29) is 42.0 Å². The molecule has 0 spiro atoms. The Balaban J connectivity index is 1.82. The first-order chi connectivity index (χ1) is 16.8. The zero-order chi connectivity index (χ0) is 26.7. The average molecular weight is 554 g/mol. The number of halogens is 2. The zero-order valence-corrected chi connectivity index (χ0v) is 22.0. The minimum Gasteiger partial charge on any atom is -0.347 e. The van der Waals surface area contributed by atoms with Crippen LogP contribution in [0.5, 0.6) is 0 Å². The predicted octanol–water partition coefficient (Wildman–Crippen LogP) is 3.43. The summed E-state index contributed by atoms with van der Waals surface area (Å²) < 4.78 is 66.1. The van der Waals surface area contributed by atoms with Crippen LogP contribution in [0.2, 0.25) is 5.02 Å². The molecule has 0 radical (unpaired) electrons. The number of benzene rings is 2. The number of sulfonamides is 1. The third-order valence-electron chi connectivity index (χ3n) is 5.79. The second-order valence-corrected chi connectivity index (χ2v) is 12.8. The Morgan fingerprint density at radius 1 is 1.17 bits per heavy atom. The summed E-state index contributed by atoms with van der Waals surface area (Å²) >= 11 is 6.30. The fourth-order valence-corrected chi connectivity index (χ4v) is 6.19. The van der Waals surface area contributed by atoms with Crippen LogP contribution in [0.1, 0.15) is 25.3 Å². The molecule has 1 saturated heterocycles. The smallest absolute Gasteiger partial charge is 0.258 e. The SMILES string of the molecule is C[C@H](/C=C\S(C)(=O)=O)NC(=O)C1(F)CCN(S(=O)(=O)c2ccc(C#N)cc2-c2ccccc2Cl)CC1. The van der Waals surface area contributed by atoms with E-state index in [1.807, 2.05) is 6.07 Å². The summed E-state index contributed by atoms with van der Waals surface area (Å²) in [7, 11) is -7.52. The van der Waals surface area contributed by atoms with Crippen molar-refractivity contribution in [2.75, 3.05) is 19.3 Å². The lowest BCUT2D eigenvalue weighted by molar-refractivity contribution is -0.135. The van der Waals surface area contributed by atoms with Crippen LogP contribution in [0.25, 0.3) is 11.1 Å². The number of nitrogens with one attached hydrogen (secondary N) is 1. The number of nitriles is 1. The monoisotopic (exact) mass is 553 g/mol. The van der Waals surface area contributed by atoms with Gasteiger partial charge in [0.2, 0.25) is 10.0 Å². The Morgan fingerprint density at radius 2 is 1.81 bits per heavy atom. The summed E-state index contributed by atoms with van der Waals surface area (Å²) in [5.41, 5.74) is -1.38. The van der Waals surface area contributed by atoms with Crippen molar-refractivity contribution in [3.63, 3.8) is 0 Å². The van der Waals surface area contributed by atoms with Crippen molar-refractivity contribution in [1.29, 1.82) is 5.26 Å². The molecule has 0 aromatic heterocycles. The van der Waals surface area contributed by atoms with Crippen LogP contribution < -0.4 is 5.32 Å². The van der Waals surface area contributed by atoms with Gasteiger partial charge in [-0.05, 0) is 31.2 Å². The van der Waals surface area contributed by atoms with Gasteiger partial charge in [0.05, 0.1) is 16.5 Å². The molecule has 12 heteroatoms. The van der Waals surface area contributed by atoms with E-state index >= 15 is 4.39 Å².